The third-order valence-electron chi connectivity index (χ3n) is 2.52. The van der Waals surface area contributed by atoms with E-state index < -0.39 is 11.9 Å². The number of rotatable bonds is 6. The molecule has 0 aliphatic rings. The van der Waals surface area contributed by atoms with Crippen molar-refractivity contribution in [2.75, 3.05) is 27.7 Å². The van der Waals surface area contributed by atoms with Crippen LogP contribution in [0.2, 0.25) is 0 Å². The molecule has 0 bridgehead atoms. The number of esters is 2. The zero-order valence-corrected chi connectivity index (χ0v) is 13.5. The lowest BCUT2D eigenvalue weighted by Crippen LogP contribution is -2.43. The molecule has 7 heteroatoms. The lowest BCUT2D eigenvalue weighted by Gasteiger charge is -2.27. The molecule has 0 aliphatic carbocycles. The fourth-order valence-corrected chi connectivity index (χ4v) is 1.27. The molecule has 0 spiro atoms. The molecule has 0 heterocycles. The van der Waals surface area contributed by atoms with Crippen LogP contribution >= 0.6 is 0 Å². The lowest BCUT2D eigenvalue weighted by molar-refractivity contribution is -0.143. The van der Waals surface area contributed by atoms with Crippen LogP contribution in [0.25, 0.3) is 0 Å². The SMILES string of the molecule is CC(C)OC(=O)/C=C/C(=O)OC[C@H](C)N(C)C(=O)N(C)C. The number of amides is 2. The predicted octanol–water partition coefficient (Wildman–Crippen LogP) is 1.04. The molecule has 0 fully saturated rings. The number of urea groups is 1. The Morgan fingerprint density at radius 1 is 1.00 bits per heavy atom. The van der Waals surface area contributed by atoms with Gasteiger partial charge >= 0.3 is 18.0 Å². The van der Waals surface area contributed by atoms with Gasteiger partial charge in [0.05, 0.1) is 12.1 Å². The second-order valence-electron chi connectivity index (χ2n) is 5.09. The van der Waals surface area contributed by atoms with Gasteiger partial charge in [-0.25, -0.2) is 14.4 Å². The van der Waals surface area contributed by atoms with Crippen LogP contribution in [-0.4, -0.2) is 67.7 Å². The van der Waals surface area contributed by atoms with Gasteiger partial charge in [0, 0.05) is 33.3 Å². The van der Waals surface area contributed by atoms with E-state index in [1.807, 2.05) is 0 Å². The summed E-state index contributed by atoms with van der Waals surface area (Å²) in [6, 6.07) is -0.463. The van der Waals surface area contributed by atoms with E-state index in [4.69, 9.17) is 9.47 Å². The first kappa shape index (κ1) is 18.9. The van der Waals surface area contributed by atoms with Gasteiger partial charge in [-0.3, -0.25) is 0 Å². The zero-order valence-electron chi connectivity index (χ0n) is 13.5. The van der Waals surface area contributed by atoms with E-state index in [0.29, 0.717) is 0 Å². The second-order valence-corrected chi connectivity index (χ2v) is 5.09. The standard InChI is InChI=1S/C14H24N2O5/c1-10(2)21-13(18)8-7-12(17)20-9-11(3)16(6)14(19)15(4)5/h7-8,10-11H,9H2,1-6H3/b8-7+/t11-/m0/s1. The molecule has 7 nitrogen and oxygen atoms in total. The summed E-state index contributed by atoms with van der Waals surface area (Å²) < 4.78 is 9.79. The Morgan fingerprint density at radius 2 is 1.52 bits per heavy atom. The van der Waals surface area contributed by atoms with E-state index in [2.05, 4.69) is 0 Å². The van der Waals surface area contributed by atoms with Crippen LogP contribution in [0.5, 0.6) is 0 Å². The topological polar surface area (TPSA) is 76.2 Å². The van der Waals surface area contributed by atoms with E-state index in [9.17, 15) is 14.4 Å². The number of likely N-dealkylation sites (N-methyl/N-ethyl adjacent to an activating group) is 1. The summed E-state index contributed by atoms with van der Waals surface area (Å²) in [4.78, 5) is 37.2. The van der Waals surface area contributed by atoms with Crippen LogP contribution in [0.15, 0.2) is 12.2 Å². The van der Waals surface area contributed by atoms with Gasteiger partial charge in [-0.15, -0.1) is 0 Å². The van der Waals surface area contributed by atoms with Crippen molar-refractivity contribution in [3.63, 3.8) is 0 Å². The van der Waals surface area contributed by atoms with Crippen molar-refractivity contribution in [3.8, 4) is 0 Å². The highest BCUT2D eigenvalue weighted by atomic mass is 16.5. The molecular weight excluding hydrogens is 276 g/mol. The Balaban J connectivity index is 4.22. The molecule has 0 saturated heterocycles. The quantitative estimate of drug-likeness (QED) is 0.541. The lowest BCUT2D eigenvalue weighted by atomic mass is 10.3. The van der Waals surface area contributed by atoms with Crippen LogP contribution < -0.4 is 0 Å². The van der Waals surface area contributed by atoms with Crippen LogP contribution in [-0.2, 0) is 19.1 Å². The Labute approximate surface area is 125 Å². The summed E-state index contributed by atoms with van der Waals surface area (Å²) in [5, 5.41) is 0. The van der Waals surface area contributed by atoms with Crippen LogP contribution in [0.1, 0.15) is 20.8 Å². The van der Waals surface area contributed by atoms with E-state index in [-0.39, 0.29) is 24.8 Å². The Hall–Kier alpha value is -2.05. The molecule has 0 aliphatic heterocycles. The first-order valence-corrected chi connectivity index (χ1v) is 6.64. The third kappa shape index (κ3) is 7.96. The fourth-order valence-electron chi connectivity index (χ4n) is 1.27. The minimum atomic E-state index is -0.659. The largest absolute Gasteiger partial charge is 0.460 e. The van der Waals surface area contributed by atoms with E-state index >= 15 is 0 Å². The van der Waals surface area contributed by atoms with Gasteiger partial charge in [0.15, 0.2) is 0 Å². The maximum absolute atomic E-state index is 11.7. The van der Waals surface area contributed by atoms with Crippen LogP contribution in [0, 0.1) is 0 Å². The molecular formula is C14H24N2O5. The van der Waals surface area contributed by atoms with Crippen LogP contribution in [0.4, 0.5) is 4.79 Å². The van der Waals surface area contributed by atoms with E-state index in [1.54, 1.807) is 41.9 Å². The van der Waals surface area contributed by atoms with Gasteiger partial charge in [0.1, 0.15) is 6.61 Å². The second kappa shape index (κ2) is 8.99. The van der Waals surface area contributed by atoms with Gasteiger partial charge in [-0.05, 0) is 20.8 Å². The number of hydrogen-bond donors (Lipinski definition) is 0. The average molecular weight is 300 g/mol. The summed E-state index contributed by atoms with van der Waals surface area (Å²) in [6.45, 7) is 5.22. The van der Waals surface area contributed by atoms with Gasteiger partial charge in [0.2, 0.25) is 0 Å². The van der Waals surface area contributed by atoms with Crippen molar-refractivity contribution in [3.05, 3.63) is 12.2 Å². The average Bonchev–Trinajstić information content (AvgIpc) is 2.39. The van der Waals surface area contributed by atoms with Crippen molar-refractivity contribution in [1.82, 2.24) is 9.80 Å². The normalized spacial score (nSPS) is 12.1. The Kier molecular flexibility index (Phi) is 8.11. The fraction of sp³-hybridized carbons (Fsp3) is 0.643. The minimum absolute atomic E-state index is 0.0402. The molecule has 0 saturated carbocycles. The number of carbonyl (C=O) groups excluding carboxylic acids is 3. The highest BCUT2D eigenvalue weighted by molar-refractivity contribution is 5.91. The summed E-state index contributed by atoms with van der Waals surface area (Å²) in [6.07, 6.45) is 1.77. The molecule has 1 atom stereocenters. The smallest absolute Gasteiger partial charge is 0.331 e. The molecule has 0 rings (SSSR count). The minimum Gasteiger partial charge on any atom is -0.460 e. The molecule has 0 aromatic rings. The molecule has 2 amide bonds. The molecule has 21 heavy (non-hydrogen) atoms. The molecule has 0 aromatic carbocycles. The summed E-state index contributed by atoms with van der Waals surface area (Å²) in [5.74, 6) is -1.26. The van der Waals surface area contributed by atoms with E-state index in [0.717, 1.165) is 12.2 Å². The maximum Gasteiger partial charge on any atom is 0.331 e. The van der Waals surface area contributed by atoms with Crippen LogP contribution in [0.3, 0.4) is 0 Å². The first-order chi connectivity index (χ1) is 9.65. The summed E-state index contributed by atoms with van der Waals surface area (Å²) >= 11 is 0. The maximum atomic E-state index is 11.7. The van der Waals surface area contributed by atoms with Crippen molar-refractivity contribution < 1.29 is 23.9 Å². The Morgan fingerprint density at radius 3 is 2.00 bits per heavy atom. The molecule has 0 N–H and O–H groups in total. The number of ether oxygens (including phenoxy) is 2. The predicted molar refractivity (Wildman–Crippen MR) is 77.6 cm³/mol. The van der Waals surface area contributed by atoms with E-state index in [1.165, 1.54) is 9.80 Å². The zero-order chi connectivity index (χ0) is 16.6. The first-order valence-electron chi connectivity index (χ1n) is 6.64. The number of carbonyl (C=O) groups is 3. The van der Waals surface area contributed by atoms with Crippen molar-refractivity contribution >= 4 is 18.0 Å². The number of hydrogen-bond acceptors (Lipinski definition) is 5. The van der Waals surface area contributed by atoms with Crippen molar-refractivity contribution in [2.24, 2.45) is 0 Å². The van der Waals surface area contributed by atoms with Gasteiger partial charge in [-0.1, -0.05) is 0 Å². The summed E-state index contributed by atoms with van der Waals surface area (Å²) in [5.41, 5.74) is 0. The summed E-state index contributed by atoms with van der Waals surface area (Å²) in [7, 11) is 4.90. The third-order valence-corrected chi connectivity index (χ3v) is 2.52. The highest BCUT2D eigenvalue weighted by Crippen LogP contribution is 2.01. The molecule has 0 unspecified atom stereocenters. The van der Waals surface area contributed by atoms with Crippen molar-refractivity contribution in [2.45, 2.75) is 32.9 Å². The van der Waals surface area contributed by atoms with Crippen molar-refractivity contribution in [1.29, 1.82) is 0 Å². The van der Waals surface area contributed by atoms with Gasteiger partial charge in [-0.2, -0.15) is 0 Å². The molecule has 0 radical (unpaired) electrons. The molecule has 0 aromatic heterocycles. The molecule has 120 valence electrons. The highest BCUT2D eigenvalue weighted by Gasteiger charge is 2.18. The van der Waals surface area contributed by atoms with Gasteiger partial charge in [0.25, 0.3) is 0 Å². The Bertz CT molecular complexity index is 404. The monoisotopic (exact) mass is 300 g/mol. The number of nitrogens with zero attached hydrogens (tertiary/aromatic N) is 2. The van der Waals surface area contributed by atoms with Gasteiger partial charge < -0.3 is 19.3 Å².